The fourth-order valence-corrected chi connectivity index (χ4v) is 1.68. The molecule has 5 heteroatoms. The van der Waals surface area contributed by atoms with Gasteiger partial charge < -0.3 is 9.84 Å². The van der Waals surface area contributed by atoms with Gasteiger partial charge in [0.15, 0.2) is 5.78 Å². The molecule has 19 heavy (non-hydrogen) atoms. The summed E-state index contributed by atoms with van der Waals surface area (Å²) in [6, 6.07) is 0. The van der Waals surface area contributed by atoms with Crippen molar-refractivity contribution in [2.45, 2.75) is 71.5 Å². The molecule has 110 valence electrons. The Bertz CT molecular complexity index is 353. The van der Waals surface area contributed by atoms with Gasteiger partial charge in [0, 0.05) is 12.8 Å². The number of carbonyl (C=O) groups is 3. The maximum Gasteiger partial charge on any atom is 0.313 e. The van der Waals surface area contributed by atoms with E-state index >= 15 is 0 Å². The molecule has 0 fully saturated rings. The minimum absolute atomic E-state index is 0.153. The molecule has 0 aromatic heterocycles. The molecule has 0 aliphatic heterocycles. The van der Waals surface area contributed by atoms with Crippen LogP contribution >= 0.6 is 0 Å². The number of hydrogen-bond donors (Lipinski definition) is 1. The van der Waals surface area contributed by atoms with Crippen molar-refractivity contribution in [3.8, 4) is 0 Å². The number of carbonyl (C=O) groups excluding carboxylic acids is 3. The third-order valence-corrected chi connectivity index (χ3v) is 2.68. The standard InChI is InChI=1S/C14H24O5/c1-6-11(16)14(18,7-2)9-10(15)8-12(17)19-13(3,4)5/h18H,6-9H2,1-5H3. The summed E-state index contributed by atoms with van der Waals surface area (Å²) in [5.41, 5.74) is -2.31. The zero-order chi connectivity index (χ0) is 15.3. The predicted molar refractivity (Wildman–Crippen MR) is 70.6 cm³/mol. The van der Waals surface area contributed by atoms with Gasteiger partial charge in [-0.1, -0.05) is 13.8 Å². The Kier molecular flexibility index (Phi) is 6.36. The molecule has 0 saturated carbocycles. The first-order valence-corrected chi connectivity index (χ1v) is 6.53. The summed E-state index contributed by atoms with van der Waals surface area (Å²) in [6.45, 7) is 8.38. The Morgan fingerprint density at radius 2 is 1.63 bits per heavy atom. The first-order valence-electron chi connectivity index (χ1n) is 6.53. The molecule has 0 amide bonds. The van der Waals surface area contributed by atoms with Gasteiger partial charge in [0.1, 0.15) is 23.4 Å². The zero-order valence-corrected chi connectivity index (χ0v) is 12.4. The van der Waals surface area contributed by atoms with Gasteiger partial charge in [-0.25, -0.2) is 0 Å². The molecule has 1 atom stereocenters. The van der Waals surface area contributed by atoms with Crippen molar-refractivity contribution >= 4 is 17.5 Å². The Morgan fingerprint density at radius 3 is 2.00 bits per heavy atom. The van der Waals surface area contributed by atoms with Crippen LogP contribution in [0.3, 0.4) is 0 Å². The van der Waals surface area contributed by atoms with Gasteiger partial charge in [-0.2, -0.15) is 0 Å². The normalized spacial score (nSPS) is 14.6. The van der Waals surface area contributed by atoms with Crippen LogP contribution in [0.25, 0.3) is 0 Å². The fourth-order valence-electron chi connectivity index (χ4n) is 1.68. The van der Waals surface area contributed by atoms with Gasteiger partial charge >= 0.3 is 5.97 Å². The molecule has 0 saturated heterocycles. The number of esters is 1. The highest BCUT2D eigenvalue weighted by molar-refractivity contribution is 5.99. The smallest absolute Gasteiger partial charge is 0.313 e. The second kappa shape index (κ2) is 6.80. The lowest BCUT2D eigenvalue weighted by Gasteiger charge is -2.24. The van der Waals surface area contributed by atoms with Crippen LogP contribution in [0.2, 0.25) is 0 Å². The Hall–Kier alpha value is -1.23. The van der Waals surface area contributed by atoms with Gasteiger partial charge in [-0.15, -0.1) is 0 Å². The van der Waals surface area contributed by atoms with Crippen molar-refractivity contribution in [3.63, 3.8) is 0 Å². The van der Waals surface area contributed by atoms with Crippen molar-refractivity contribution in [3.05, 3.63) is 0 Å². The number of rotatable bonds is 7. The summed E-state index contributed by atoms with van der Waals surface area (Å²) < 4.78 is 5.02. The van der Waals surface area contributed by atoms with Crippen LogP contribution in [0.15, 0.2) is 0 Å². The third-order valence-electron chi connectivity index (χ3n) is 2.68. The molecule has 0 spiro atoms. The van der Waals surface area contributed by atoms with Crippen molar-refractivity contribution < 1.29 is 24.2 Å². The maximum absolute atomic E-state index is 11.7. The van der Waals surface area contributed by atoms with Crippen molar-refractivity contribution in [2.75, 3.05) is 0 Å². The molecule has 0 aliphatic rings. The first kappa shape index (κ1) is 17.8. The molecule has 1 N–H and O–H groups in total. The highest BCUT2D eigenvalue weighted by atomic mass is 16.6. The van der Waals surface area contributed by atoms with E-state index in [0.717, 1.165) is 0 Å². The quantitative estimate of drug-likeness (QED) is 0.564. The van der Waals surface area contributed by atoms with Crippen LogP contribution in [0.1, 0.15) is 60.3 Å². The molecule has 0 aromatic carbocycles. The maximum atomic E-state index is 11.7. The Labute approximate surface area is 114 Å². The number of ketones is 2. The average Bonchev–Trinajstić information content (AvgIpc) is 2.24. The number of Topliss-reactive ketones (excluding diaryl/α,β-unsaturated/α-hetero) is 2. The van der Waals surface area contributed by atoms with E-state index < -0.39 is 29.4 Å². The van der Waals surface area contributed by atoms with Crippen LogP contribution in [0.4, 0.5) is 0 Å². The van der Waals surface area contributed by atoms with Crippen molar-refractivity contribution in [1.29, 1.82) is 0 Å². The molecule has 0 heterocycles. The number of aliphatic hydroxyl groups is 1. The van der Waals surface area contributed by atoms with Gasteiger partial charge in [0.2, 0.25) is 0 Å². The van der Waals surface area contributed by atoms with Crippen LogP contribution in [-0.2, 0) is 19.1 Å². The largest absolute Gasteiger partial charge is 0.460 e. The Morgan fingerprint density at radius 1 is 1.11 bits per heavy atom. The molecule has 0 aromatic rings. The van der Waals surface area contributed by atoms with E-state index in [1.165, 1.54) is 0 Å². The summed E-state index contributed by atoms with van der Waals surface area (Å²) in [7, 11) is 0. The number of ether oxygens (including phenoxy) is 1. The van der Waals surface area contributed by atoms with Gasteiger partial charge in [-0.05, 0) is 27.2 Å². The van der Waals surface area contributed by atoms with Gasteiger partial charge in [-0.3, -0.25) is 14.4 Å². The van der Waals surface area contributed by atoms with E-state index in [0.29, 0.717) is 0 Å². The van der Waals surface area contributed by atoms with E-state index in [-0.39, 0.29) is 25.0 Å². The van der Waals surface area contributed by atoms with Gasteiger partial charge in [0.05, 0.1) is 0 Å². The molecule has 1 unspecified atom stereocenters. The van der Waals surface area contributed by atoms with E-state index in [1.807, 2.05) is 0 Å². The highest BCUT2D eigenvalue weighted by Crippen LogP contribution is 2.20. The van der Waals surface area contributed by atoms with Crippen molar-refractivity contribution in [2.24, 2.45) is 0 Å². The molecule has 5 nitrogen and oxygen atoms in total. The third kappa shape index (κ3) is 6.47. The number of hydrogen-bond acceptors (Lipinski definition) is 5. The van der Waals surface area contributed by atoms with Crippen LogP contribution in [0, 0.1) is 0 Å². The summed E-state index contributed by atoms with van der Waals surface area (Å²) in [5, 5.41) is 10.1. The molecular formula is C14H24O5. The minimum Gasteiger partial charge on any atom is -0.460 e. The zero-order valence-electron chi connectivity index (χ0n) is 12.4. The second-order valence-electron chi connectivity index (χ2n) is 5.64. The minimum atomic E-state index is -1.66. The summed E-state index contributed by atoms with van der Waals surface area (Å²) in [6.07, 6.45) is -0.449. The Balaban J connectivity index is 4.53. The van der Waals surface area contributed by atoms with E-state index in [9.17, 15) is 19.5 Å². The topological polar surface area (TPSA) is 80.7 Å². The molecule has 0 aliphatic carbocycles. The lowest BCUT2D eigenvalue weighted by atomic mass is 9.87. The van der Waals surface area contributed by atoms with Gasteiger partial charge in [0.25, 0.3) is 0 Å². The van der Waals surface area contributed by atoms with E-state index in [1.54, 1.807) is 34.6 Å². The van der Waals surface area contributed by atoms with Crippen molar-refractivity contribution in [1.82, 2.24) is 0 Å². The molecule has 0 bridgehead atoms. The average molecular weight is 272 g/mol. The van der Waals surface area contributed by atoms with Crippen LogP contribution in [-0.4, -0.2) is 33.8 Å². The SMILES string of the molecule is CCC(=O)C(O)(CC)CC(=O)CC(=O)OC(C)(C)C. The summed E-state index contributed by atoms with van der Waals surface area (Å²) in [4.78, 5) is 34.8. The van der Waals surface area contributed by atoms with E-state index in [2.05, 4.69) is 0 Å². The first-order chi connectivity index (χ1) is 8.54. The lowest BCUT2D eigenvalue weighted by molar-refractivity contribution is -0.157. The summed E-state index contributed by atoms with van der Waals surface area (Å²) >= 11 is 0. The molecule has 0 rings (SSSR count). The predicted octanol–water partition coefficient (Wildman–Crippen LogP) is 1.80. The van der Waals surface area contributed by atoms with E-state index in [4.69, 9.17) is 4.74 Å². The lowest BCUT2D eigenvalue weighted by Crippen LogP contribution is -2.40. The monoisotopic (exact) mass is 272 g/mol. The van der Waals surface area contributed by atoms with Crippen LogP contribution < -0.4 is 0 Å². The second-order valence-corrected chi connectivity index (χ2v) is 5.64. The summed E-state index contributed by atoms with van der Waals surface area (Å²) in [5.74, 6) is -1.51. The fraction of sp³-hybridized carbons (Fsp3) is 0.786. The highest BCUT2D eigenvalue weighted by Gasteiger charge is 2.35. The van der Waals surface area contributed by atoms with Crippen LogP contribution in [0.5, 0.6) is 0 Å². The molecule has 0 radical (unpaired) electrons. The molecular weight excluding hydrogens is 248 g/mol.